The maximum atomic E-state index is 12.1. The Labute approximate surface area is 119 Å². The highest BCUT2D eigenvalue weighted by atomic mass is 79.9. The van der Waals surface area contributed by atoms with E-state index in [9.17, 15) is 8.42 Å². The minimum atomic E-state index is -3.18. The summed E-state index contributed by atoms with van der Waals surface area (Å²) in [5.74, 6) is 0. The van der Waals surface area contributed by atoms with Crippen molar-refractivity contribution in [2.75, 3.05) is 25.1 Å². The maximum Gasteiger partial charge on any atom is 0.214 e. The van der Waals surface area contributed by atoms with Gasteiger partial charge in [0, 0.05) is 25.1 Å². The Morgan fingerprint density at radius 2 is 1.94 bits per heavy atom. The van der Waals surface area contributed by atoms with Gasteiger partial charge in [-0.1, -0.05) is 29.8 Å². The molecule has 0 amide bonds. The van der Waals surface area contributed by atoms with Gasteiger partial charge in [0.15, 0.2) is 0 Å². The van der Waals surface area contributed by atoms with Crippen LogP contribution in [0, 0.1) is 5.41 Å². The molecule has 1 fully saturated rings. The summed E-state index contributed by atoms with van der Waals surface area (Å²) in [5.41, 5.74) is 0.00596. The SMILES string of the molecule is CC(C)(CCCBr)CNS(=O)(=O)C1CCOCC1. The number of sulfonamides is 1. The number of rotatable bonds is 7. The van der Waals surface area contributed by atoms with Gasteiger partial charge >= 0.3 is 0 Å². The molecule has 0 aliphatic carbocycles. The molecule has 0 unspecified atom stereocenters. The van der Waals surface area contributed by atoms with Crippen molar-refractivity contribution in [1.29, 1.82) is 0 Å². The van der Waals surface area contributed by atoms with E-state index >= 15 is 0 Å². The van der Waals surface area contributed by atoms with E-state index in [2.05, 4.69) is 34.5 Å². The third kappa shape index (κ3) is 5.55. The highest BCUT2D eigenvalue weighted by molar-refractivity contribution is 9.09. The Hall–Kier alpha value is 0.350. The third-order valence-corrected chi connectivity index (χ3v) is 5.80. The molecule has 1 aliphatic heterocycles. The van der Waals surface area contributed by atoms with E-state index in [-0.39, 0.29) is 10.7 Å². The summed E-state index contributed by atoms with van der Waals surface area (Å²) >= 11 is 3.40. The standard InChI is InChI=1S/C12H24BrNO3S/c1-12(2,6-3-7-13)10-14-18(15,16)11-4-8-17-9-5-11/h11,14H,3-10H2,1-2H3. The number of hydrogen-bond acceptors (Lipinski definition) is 3. The van der Waals surface area contributed by atoms with Gasteiger partial charge in [-0.3, -0.25) is 0 Å². The molecule has 0 bridgehead atoms. The van der Waals surface area contributed by atoms with Gasteiger partial charge in [-0.25, -0.2) is 13.1 Å². The lowest BCUT2D eigenvalue weighted by Crippen LogP contribution is -2.42. The van der Waals surface area contributed by atoms with Crippen molar-refractivity contribution in [2.45, 2.75) is 44.8 Å². The van der Waals surface area contributed by atoms with E-state index in [1.165, 1.54) is 0 Å². The van der Waals surface area contributed by atoms with Crippen LogP contribution in [0.25, 0.3) is 0 Å². The van der Waals surface area contributed by atoms with Gasteiger partial charge in [0.05, 0.1) is 5.25 Å². The molecule has 0 spiro atoms. The predicted octanol–water partition coefficient (Wildman–Crippen LogP) is 2.29. The minimum Gasteiger partial charge on any atom is -0.381 e. The number of alkyl halides is 1. The summed E-state index contributed by atoms with van der Waals surface area (Å²) in [6.45, 7) is 5.82. The molecule has 0 aromatic heterocycles. The van der Waals surface area contributed by atoms with Crippen molar-refractivity contribution in [1.82, 2.24) is 4.72 Å². The summed E-state index contributed by atoms with van der Waals surface area (Å²) in [5, 5.41) is 0.682. The number of ether oxygens (including phenoxy) is 1. The van der Waals surface area contributed by atoms with Crippen molar-refractivity contribution in [2.24, 2.45) is 5.41 Å². The normalized spacial score (nSPS) is 19.1. The molecule has 4 nitrogen and oxygen atoms in total. The highest BCUT2D eigenvalue weighted by Crippen LogP contribution is 2.23. The lowest BCUT2D eigenvalue weighted by atomic mass is 9.88. The second kappa shape index (κ2) is 7.22. The molecule has 1 rings (SSSR count). The lowest BCUT2D eigenvalue weighted by Gasteiger charge is -2.27. The zero-order valence-corrected chi connectivity index (χ0v) is 13.6. The van der Waals surface area contributed by atoms with Crippen LogP contribution in [0.5, 0.6) is 0 Å². The van der Waals surface area contributed by atoms with Crippen molar-refractivity contribution in [3.05, 3.63) is 0 Å². The van der Waals surface area contributed by atoms with Crippen molar-refractivity contribution >= 4 is 26.0 Å². The first-order chi connectivity index (χ1) is 8.37. The van der Waals surface area contributed by atoms with E-state index in [1.54, 1.807) is 0 Å². The van der Waals surface area contributed by atoms with E-state index in [4.69, 9.17) is 4.74 Å². The first kappa shape index (κ1) is 16.4. The van der Waals surface area contributed by atoms with Crippen LogP contribution >= 0.6 is 15.9 Å². The van der Waals surface area contributed by atoms with Crippen molar-refractivity contribution in [3.63, 3.8) is 0 Å². The molecular formula is C12H24BrNO3S. The van der Waals surface area contributed by atoms with E-state index in [1.807, 2.05) is 0 Å². The zero-order chi connectivity index (χ0) is 13.6. The van der Waals surface area contributed by atoms with E-state index < -0.39 is 10.0 Å². The maximum absolute atomic E-state index is 12.1. The Morgan fingerprint density at radius 3 is 2.50 bits per heavy atom. The van der Waals surface area contributed by atoms with Crippen molar-refractivity contribution < 1.29 is 13.2 Å². The molecule has 108 valence electrons. The Morgan fingerprint density at radius 1 is 1.33 bits per heavy atom. The molecule has 0 saturated carbocycles. The average Bonchev–Trinajstić information content (AvgIpc) is 2.36. The Balaban J connectivity index is 2.45. The first-order valence-corrected chi connectivity index (χ1v) is 9.16. The summed E-state index contributed by atoms with van der Waals surface area (Å²) in [6, 6.07) is 0. The van der Waals surface area contributed by atoms with Crippen LogP contribution in [0.15, 0.2) is 0 Å². The quantitative estimate of drug-likeness (QED) is 0.722. The monoisotopic (exact) mass is 341 g/mol. The van der Waals surface area contributed by atoms with E-state index in [0.29, 0.717) is 32.6 Å². The molecule has 1 saturated heterocycles. The fourth-order valence-corrected chi connectivity index (χ4v) is 3.95. The molecule has 18 heavy (non-hydrogen) atoms. The van der Waals surface area contributed by atoms with Gasteiger partial charge in [0.2, 0.25) is 10.0 Å². The van der Waals surface area contributed by atoms with Gasteiger partial charge in [-0.15, -0.1) is 0 Å². The molecule has 1 N–H and O–H groups in total. The van der Waals surface area contributed by atoms with Gasteiger partial charge in [-0.2, -0.15) is 0 Å². The van der Waals surface area contributed by atoms with Gasteiger partial charge < -0.3 is 4.74 Å². The number of nitrogens with one attached hydrogen (secondary N) is 1. The fraction of sp³-hybridized carbons (Fsp3) is 1.00. The number of hydrogen-bond donors (Lipinski definition) is 1. The summed E-state index contributed by atoms with van der Waals surface area (Å²) in [7, 11) is -3.18. The highest BCUT2D eigenvalue weighted by Gasteiger charge is 2.29. The zero-order valence-electron chi connectivity index (χ0n) is 11.2. The van der Waals surface area contributed by atoms with Crippen LogP contribution in [-0.4, -0.2) is 38.8 Å². The second-order valence-corrected chi connectivity index (χ2v) is 8.47. The molecule has 0 atom stereocenters. The first-order valence-electron chi connectivity index (χ1n) is 6.49. The Kier molecular flexibility index (Phi) is 6.58. The third-order valence-electron chi connectivity index (χ3n) is 3.35. The summed E-state index contributed by atoms with van der Waals surface area (Å²) in [6.07, 6.45) is 3.29. The summed E-state index contributed by atoms with van der Waals surface area (Å²) in [4.78, 5) is 0. The van der Waals surface area contributed by atoms with Crippen LogP contribution in [-0.2, 0) is 14.8 Å². The van der Waals surface area contributed by atoms with Gasteiger partial charge in [0.25, 0.3) is 0 Å². The van der Waals surface area contributed by atoms with Crippen molar-refractivity contribution in [3.8, 4) is 0 Å². The fourth-order valence-electron chi connectivity index (χ4n) is 2.03. The lowest BCUT2D eigenvalue weighted by molar-refractivity contribution is 0.0980. The van der Waals surface area contributed by atoms with E-state index in [0.717, 1.165) is 18.2 Å². The minimum absolute atomic E-state index is 0.00596. The Bertz CT molecular complexity index is 337. The molecule has 6 heteroatoms. The average molecular weight is 342 g/mol. The predicted molar refractivity (Wildman–Crippen MR) is 77.6 cm³/mol. The van der Waals surface area contributed by atoms with Crippen LogP contribution in [0.3, 0.4) is 0 Å². The second-order valence-electron chi connectivity index (χ2n) is 5.63. The molecule has 0 aromatic rings. The molecule has 0 aromatic carbocycles. The van der Waals surface area contributed by atoms with Gasteiger partial charge in [-0.05, 0) is 31.1 Å². The van der Waals surface area contributed by atoms with Gasteiger partial charge in [0.1, 0.15) is 0 Å². The van der Waals surface area contributed by atoms with Crippen LogP contribution in [0.1, 0.15) is 39.5 Å². The largest absolute Gasteiger partial charge is 0.381 e. The molecule has 0 radical (unpaired) electrons. The molecular weight excluding hydrogens is 318 g/mol. The summed E-state index contributed by atoms with van der Waals surface area (Å²) < 4.78 is 32.2. The smallest absolute Gasteiger partial charge is 0.214 e. The topological polar surface area (TPSA) is 55.4 Å². The van der Waals surface area contributed by atoms with Crippen LogP contribution < -0.4 is 4.72 Å². The van der Waals surface area contributed by atoms with Crippen LogP contribution in [0.2, 0.25) is 0 Å². The number of halogens is 1. The molecule has 1 aliphatic rings. The van der Waals surface area contributed by atoms with Crippen LogP contribution in [0.4, 0.5) is 0 Å². The molecule has 1 heterocycles.